The van der Waals surface area contributed by atoms with Crippen LogP contribution in [0.2, 0.25) is 0 Å². The van der Waals surface area contributed by atoms with Crippen LogP contribution in [0.5, 0.6) is 11.5 Å². The van der Waals surface area contributed by atoms with E-state index in [-0.39, 0.29) is 18.0 Å². The van der Waals surface area contributed by atoms with Crippen LogP contribution in [0, 0.1) is 0 Å². The van der Waals surface area contributed by atoms with Gasteiger partial charge in [-0.3, -0.25) is 14.6 Å². The van der Waals surface area contributed by atoms with Crippen LogP contribution >= 0.6 is 11.3 Å². The average molecular weight is 562 g/mol. The Morgan fingerprint density at radius 2 is 1.71 bits per heavy atom. The van der Waals surface area contributed by atoms with Crippen LogP contribution in [0.3, 0.4) is 0 Å². The quantitative estimate of drug-likeness (QED) is 0.229. The van der Waals surface area contributed by atoms with Gasteiger partial charge < -0.3 is 15.4 Å². The van der Waals surface area contributed by atoms with Gasteiger partial charge in [0.1, 0.15) is 21.2 Å². The number of para-hydroxylation sites is 1. The lowest BCUT2D eigenvalue weighted by Gasteiger charge is -2.28. The highest BCUT2D eigenvalue weighted by Gasteiger charge is 2.34. The summed E-state index contributed by atoms with van der Waals surface area (Å²) in [6.07, 6.45) is 2.56. The molecule has 0 spiro atoms. The van der Waals surface area contributed by atoms with Crippen LogP contribution in [0.25, 0.3) is 10.2 Å². The summed E-state index contributed by atoms with van der Waals surface area (Å²) < 4.78 is 5.91. The van der Waals surface area contributed by atoms with Gasteiger partial charge in [0.05, 0.1) is 22.4 Å². The number of ether oxygens (including phenoxy) is 1. The third-order valence-corrected chi connectivity index (χ3v) is 8.48. The Morgan fingerprint density at radius 3 is 2.49 bits per heavy atom. The van der Waals surface area contributed by atoms with E-state index < -0.39 is 0 Å². The molecule has 5 aromatic rings. The Hall–Kier alpha value is -4.73. The fraction of sp³-hybridized carbons (Fsp3) is 0.156. The molecule has 0 saturated carbocycles. The van der Waals surface area contributed by atoms with Crippen LogP contribution < -0.4 is 20.3 Å². The highest BCUT2D eigenvalue weighted by molar-refractivity contribution is 7.21. The number of nitrogens with one attached hydrogen (secondary N) is 2. The maximum absolute atomic E-state index is 13.5. The van der Waals surface area contributed by atoms with Crippen molar-refractivity contribution < 1.29 is 14.3 Å². The first-order valence-corrected chi connectivity index (χ1v) is 14.4. The Morgan fingerprint density at radius 1 is 0.976 bits per heavy atom. The molecule has 9 heteroatoms. The van der Waals surface area contributed by atoms with Crippen molar-refractivity contribution >= 4 is 50.6 Å². The fourth-order valence-corrected chi connectivity index (χ4v) is 6.50. The first kappa shape index (κ1) is 25.3. The average Bonchev–Trinajstić information content (AvgIpc) is 3.59. The number of anilines is 3. The summed E-state index contributed by atoms with van der Waals surface area (Å²) in [5.74, 6) is 1.22. The molecule has 2 N–H and O–H groups in total. The van der Waals surface area contributed by atoms with Crippen molar-refractivity contribution in [3.63, 3.8) is 0 Å². The van der Waals surface area contributed by atoms with Gasteiger partial charge in [0.2, 0.25) is 0 Å². The van der Waals surface area contributed by atoms with Crippen molar-refractivity contribution in [1.82, 2.24) is 15.2 Å². The molecule has 0 radical (unpaired) electrons. The number of urea groups is 1. The smallest absolute Gasteiger partial charge is 0.331 e. The molecule has 1 fully saturated rings. The van der Waals surface area contributed by atoms with E-state index in [0.717, 1.165) is 37.2 Å². The molecule has 1 saturated heterocycles. The zero-order chi connectivity index (χ0) is 27.8. The minimum absolute atomic E-state index is 0.0449. The molecule has 0 aliphatic carbocycles. The highest BCUT2D eigenvalue weighted by atomic mass is 32.1. The Kier molecular flexibility index (Phi) is 6.58. The second-order valence-electron chi connectivity index (χ2n) is 10.2. The SMILES string of the molecule is O=C(N[C@@H]1CCN(Cc2ccccc2)C1)c1sc2nccc3c2c1NC(=O)N3c1ccc(Oc2ccccc2)cc1. The lowest BCUT2D eigenvalue weighted by molar-refractivity contribution is 0.0942. The molecule has 0 unspecified atom stereocenters. The van der Waals surface area contributed by atoms with E-state index in [9.17, 15) is 9.59 Å². The summed E-state index contributed by atoms with van der Waals surface area (Å²) in [6, 6.07) is 28.8. The number of hydrogen-bond acceptors (Lipinski definition) is 6. The van der Waals surface area contributed by atoms with Gasteiger partial charge in [-0.25, -0.2) is 9.78 Å². The number of rotatable bonds is 7. The van der Waals surface area contributed by atoms with Crippen molar-refractivity contribution in [2.45, 2.75) is 19.0 Å². The van der Waals surface area contributed by atoms with Gasteiger partial charge in [-0.05, 0) is 54.4 Å². The molecule has 2 aromatic heterocycles. The van der Waals surface area contributed by atoms with Gasteiger partial charge in [0.15, 0.2) is 0 Å². The molecular formula is C32H27N5O3S. The molecular weight excluding hydrogens is 534 g/mol. The first-order chi connectivity index (χ1) is 20.1. The van der Waals surface area contributed by atoms with E-state index in [2.05, 4.69) is 32.7 Å². The molecule has 8 nitrogen and oxygen atoms in total. The summed E-state index contributed by atoms with van der Waals surface area (Å²) in [7, 11) is 0. The number of nitrogens with zero attached hydrogens (tertiary/aromatic N) is 3. The number of carbonyl (C=O) groups is 2. The maximum Gasteiger partial charge on any atom is 0.331 e. The fourth-order valence-electron chi connectivity index (χ4n) is 5.48. The molecule has 2 aliphatic rings. The van der Waals surface area contributed by atoms with E-state index in [4.69, 9.17) is 4.74 Å². The summed E-state index contributed by atoms with van der Waals surface area (Å²) in [4.78, 5) is 36.6. The number of amides is 3. The predicted molar refractivity (Wildman–Crippen MR) is 161 cm³/mol. The molecule has 0 bridgehead atoms. The number of carbonyl (C=O) groups excluding carboxylic acids is 2. The van der Waals surface area contributed by atoms with Crippen molar-refractivity contribution in [1.29, 1.82) is 0 Å². The monoisotopic (exact) mass is 561 g/mol. The molecule has 2 aliphatic heterocycles. The van der Waals surface area contributed by atoms with Gasteiger partial charge in [-0.15, -0.1) is 11.3 Å². The number of thiophene rings is 1. The van der Waals surface area contributed by atoms with Crippen LogP contribution in [0.4, 0.5) is 21.9 Å². The maximum atomic E-state index is 13.5. The third-order valence-electron chi connectivity index (χ3n) is 7.38. The van der Waals surface area contributed by atoms with Crippen molar-refractivity contribution in [2.75, 3.05) is 23.3 Å². The summed E-state index contributed by atoms with van der Waals surface area (Å²) in [6.45, 7) is 2.57. The summed E-state index contributed by atoms with van der Waals surface area (Å²) in [5, 5.41) is 6.94. The Labute approximate surface area is 241 Å². The molecule has 3 aromatic carbocycles. The lowest BCUT2D eigenvalue weighted by Crippen LogP contribution is -2.38. The van der Waals surface area contributed by atoms with Crippen molar-refractivity contribution in [2.24, 2.45) is 0 Å². The van der Waals surface area contributed by atoms with E-state index >= 15 is 0 Å². The van der Waals surface area contributed by atoms with Gasteiger partial charge in [0, 0.05) is 31.9 Å². The van der Waals surface area contributed by atoms with Gasteiger partial charge in [0.25, 0.3) is 5.91 Å². The highest BCUT2D eigenvalue weighted by Crippen LogP contribution is 2.46. The van der Waals surface area contributed by atoms with Crippen LogP contribution in [-0.4, -0.2) is 41.0 Å². The summed E-state index contributed by atoms with van der Waals surface area (Å²) in [5.41, 5.74) is 3.16. The third kappa shape index (κ3) is 5.01. The minimum Gasteiger partial charge on any atom is -0.457 e. The normalized spacial score (nSPS) is 16.5. The second kappa shape index (κ2) is 10.7. The molecule has 7 rings (SSSR count). The van der Waals surface area contributed by atoms with Crippen molar-refractivity contribution in [3.05, 3.63) is 108 Å². The number of aromatic nitrogens is 1. The van der Waals surface area contributed by atoms with Gasteiger partial charge in [-0.1, -0.05) is 48.5 Å². The first-order valence-electron chi connectivity index (χ1n) is 13.5. The van der Waals surface area contributed by atoms with Crippen LogP contribution in [0.1, 0.15) is 21.7 Å². The number of likely N-dealkylation sites (tertiary alicyclic amines) is 1. The topological polar surface area (TPSA) is 86.8 Å². The number of hydrogen-bond donors (Lipinski definition) is 2. The largest absolute Gasteiger partial charge is 0.457 e. The van der Waals surface area contributed by atoms with E-state index in [1.807, 2.05) is 78.9 Å². The van der Waals surface area contributed by atoms with E-state index in [0.29, 0.717) is 32.5 Å². The lowest BCUT2D eigenvalue weighted by atomic mass is 10.1. The zero-order valence-electron chi connectivity index (χ0n) is 22.1. The number of benzene rings is 3. The van der Waals surface area contributed by atoms with Gasteiger partial charge >= 0.3 is 6.03 Å². The predicted octanol–water partition coefficient (Wildman–Crippen LogP) is 6.78. The Balaban J connectivity index is 1.10. The zero-order valence-corrected chi connectivity index (χ0v) is 22.9. The summed E-state index contributed by atoms with van der Waals surface area (Å²) >= 11 is 1.30. The van der Waals surface area contributed by atoms with E-state index in [1.54, 1.807) is 11.1 Å². The molecule has 204 valence electrons. The molecule has 4 heterocycles. The number of pyridine rings is 1. The van der Waals surface area contributed by atoms with Gasteiger partial charge in [-0.2, -0.15) is 0 Å². The van der Waals surface area contributed by atoms with Crippen LogP contribution in [0.15, 0.2) is 97.2 Å². The van der Waals surface area contributed by atoms with E-state index in [1.165, 1.54) is 16.9 Å². The Bertz CT molecular complexity index is 1720. The standard InChI is InChI=1S/C32H27N5O3S/c38-30(34-22-16-18-36(20-22)19-21-7-3-1-4-8-21)29-28-27-26(15-17-33-31(27)41-29)37(32(39)35-28)23-11-13-25(14-12-23)40-24-9-5-2-6-10-24/h1-15,17,22H,16,18-20H2,(H,34,38)(H,35,39)/t22-/m1/s1. The van der Waals surface area contributed by atoms with Crippen molar-refractivity contribution in [3.8, 4) is 11.5 Å². The molecule has 3 amide bonds. The minimum atomic E-state index is -0.330. The van der Waals surface area contributed by atoms with Crippen LogP contribution in [-0.2, 0) is 6.54 Å². The molecule has 1 atom stereocenters. The second-order valence-corrected chi connectivity index (χ2v) is 11.2. The molecule has 41 heavy (non-hydrogen) atoms.